The van der Waals surface area contributed by atoms with Gasteiger partial charge in [0, 0.05) is 0 Å². The van der Waals surface area contributed by atoms with E-state index >= 15 is 0 Å². The predicted molar refractivity (Wildman–Crippen MR) is 40.0 cm³/mol. The number of rotatable bonds is 1. The molecule has 5 atom stereocenters. The minimum absolute atomic E-state index is 0.806. The van der Waals surface area contributed by atoms with Gasteiger partial charge in [0.15, 0.2) is 6.10 Å². The van der Waals surface area contributed by atoms with Crippen LogP contribution in [0.2, 0.25) is 0 Å². The Morgan fingerprint density at radius 1 is 1.15 bits per heavy atom. The molecule has 1 heterocycles. The summed E-state index contributed by atoms with van der Waals surface area (Å²) < 4.78 is 4.78. The Morgan fingerprint density at radius 2 is 1.69 bits per heavy atom. The summed E-state index contributed by atoms with van der Waals surface area (Å²) in [7, 11) is 0. The van der Waals surface area contributed by atoms with E-state index in [0.717, 1.165) is 0 Å². The van der Waals surface area contributed by atoms with E-state index in [9.17, 15) is 20.1 Å². The van der Waals surface area contributed by atoms with E-state index in [2.05, 4.69) is 0 Å². The van der Waals surface area contributed by atoms with Crippen LogP contribution in [-0.4, -0.2) is 56.9 Å². The van der Waals surface area contributed by atoms with Crippen molar-refractivity contribution in [3.63, 3.8) is 0 Å². The number of aliphatic carboxylic acids is 1. The van der Waals surface area contributed by atoms with Crippen molar-refractivity contribution in [1.29, 1.82) is 0 Å². The lowest BCUT2D eigenvalue weighted by molar-refractivity contribution is -0.223. The van der Waals surface area contributed by atoms with E-state index in [-0.39, 0.29) is 0 Å². The summed E-state index contributed by atoms with van der Waals surface area (Å²) >= 11 is 0. The molecule has 4 N–H and O–H groups in total. The third kappa shape index (κ3) is 1.80. The average molecular weight is 192 g/mol. The minimum atomic E-state index is -1.59. The van der Waals surface area contributed by atoms with Gasteiger partial charge in [0.1, 0.15) is 18.3 Å². The zero-order chi connectivity index (χ0) is 10.2. The van der Waals surface area contributed by atoms with Gasteiger partial charge in [-0.15, -0.1) is 0 Å². The maximum absolute atomic E-state index is 10.5. The maximum atomic E-state index is 10.5. The molecule has 13 heavy (non-hydrogen) atoms. The lowest BCUT2D eigenvalue weighted by atomic mass is 9.96. The van der Waals surface area contributed by atoms with E-state index in [0.29, 0.717) is 0 Å². The first kappa shape index (κ1) is 10.4. The highest BCUT2D eigenvalue weighted by molar-refractivity contribution is 5.73. The van der Waals surface area contributed by atoms with E-state index in [1.807, 2.05) is 0 Å². The Balaban J connectivity index is 2.76. The number of aliphatic hydroxyl groups excluding tert-OH is 3. The molecule has 1 saturated heterocycles. The highest BCUT2D eigenvalue weighted by Gasteiger charge is 2.44. The molecule has 1 aliphatic rings. The fraction of sp³-hybridized carbons (Fsp3) is 0.857. The average Bonchev–Trinajstić information content (AvgIpc) is 2.07. The predicted octanol–water partition coefficient (Wildman–Crippen LogP) is -2.06. The van der Waals surface area contributed by atoms with Gasteiger partial charge >= 0.3 is 5.97 Å². The van der Waals surface area contributed by atoms with Crippen LogP contribution in [0.3, 0.4) is 0 Å². The van der Waals surface area contributed by atoms with Gasteiger partial charge in [0.05, 0.1) is 6.10 Å². The lowest BCUT2D eigenvalue weighted by Gasteiger charge is -2.37. The molecule has 1 aliphatic heterocycles. The second-order valence-electron chi connectivity index (χ2n) is 3.07. The molecule has 6 nitrogen and oxygen atoms in total. The van der Waals surface area contributed by atoms with E-state index < -0.39 is 36.5 Å². The summed E-state index contributed by atoms with van der Waals surface area (Å²) in [5, 5.41) is 36.1. The summed E-state index contributed by atoms with van der Waals surface area (Å²) in [6.45, 7) is 1.43. The monoisotopic (exact) mass is 192 g/mol. The molecule has 1 fully saturated rings. The molecular formula is C7H12O6. The number of carboxylic acid groups (broad SMARTS) is 1. The molecule has 0 bridgehead atoms. The highest BCUT2D eigenvalue weighted by Crippen LogP contribution is 2.20. The van der Waals surface area contributed by atoms with Gasteiger partial charge in [-0.05, 0) is 6.92 Å². The number of aliphatic hydroxyl groups is 3. The third-order valence-corrected chi connectivity index (χ3v) is 2.10. The van der Waals surface area contributed by atoms with Crippen LogP contribution in [0, 0.1) is 0 Å². The van der Waals surface area contributed by atoms with E-state index in [1.54, 1.807) is 0 Å². The topological polar surface area (TPSA) is 107 Å². The lowest BCUT2D eigenvalue weighted by Crippen LogP contribution is -2.58. The molecule has 0 spiro atoms. The summed E-state index contributed by atoms with van der Waals surface area (Å²) in [5.41, 5.74) is 0. The number of hydrogen-bond acceptors (Lipinski definition) is 5. The standard InChI is InChI=1S/C7H12O6/c1-2-3(8)4(9)5(10)6(13-2)7(11)12/h2-6,8-10H,1H3,(H,11,12)/t2?,3-,4-,5+,6?/m1/s1. The number of carbonyl (C=O) groups is 1. The molecule has 6 heteroatoms. The Morgan fingerprint density at radius 3 is 2.15 bits per heavy atom. The van der Waals surface area contributed by atoms with Crippen molar-refractivity contribution in [2.24, 2.45) is 0 Å². The Hall–Kier alpha value is -0.690. The molecule has 0 amide bonds. The second kappa shape index (κ2) is 3.59. The van der Waals surface area contributed by atoms with Crippen molar-refractivity contribution in [1.82, 2.24) is 0 Å². The summed E-state index contributed by atoms with van der Waals surface area (Å²) in [6.07, 6.45) is -6.62. The second-order valence-corrected chi connectivity index (χ2v) is 3.07. The molecule has 0 aromatic carbocycles. The summed E-state index contributed by atoms with van der Waals surface area (Å²) in [6, 6.07) is 0. The molecule has 0 saturated carbocycles. The first-order valence-corrected chi connectivity index (χ1v) is 3.87. The van der Waals surface area contributed by atoms with E-state index in [1.165, 1.54) is 6.92 Å². The van der Waals surface area contributed by atoms with Crippen molar-refractivity contribution in [2.45, 2.75) is 37.4 Å². The summed E-state index contributed by atoms with van der Waals surface area (Å²) in [5.74, 6) is -1.36. The van der Waals surface area contributed by atoms with Gasteiger partial charge in [-0.1, -0.05) is 0 Å². The molecule has 1 rings (SSSR count). The van der Waals surface area contributed by atoms with E-state index in [4.69, 9.17) is 9.84 Å². The van der Waals surface area contributed by atoms with Crippen molar-refractivity contribution in [2.75, 3.05) is 0 Å². The Kier molecular flexibility index (Phi) is 2.87. The van der Waals surface area contributed by atoms with Crippen molar-refractivity contribution in [3.8, 4) is 0 Å². The maximum Gasteiger partial charge on any atom is 0.335 e. The highest BCUT2D eigenvalue weighted by atomic mass is 16.6. The number of hydrogen-bond donors (Lipinski definition) is 4. The molecule has 0 aliphatic carbocycles. The SMILES string of the molecule is CC1OC(C(=O)O)[C@@H](O)[C@H](O)[C@@H]1O. The first-order chi connectivity index (χ1) is 5.95. The normalized spacial score (nSPS) is 46.0. The molecule has 0 aromatic rings. The zero-order valence-electron chi connectivity index (χ0n) is 6.99. The Bertz CT molecular complexity index is 205. The van der Waals surface area contributed by atoms with Crippen molar-refractivity contribution in [3.05, 3.63) is 0 Å². The van der Waals surface area contributed by atoms with Crippen LogP contribution in [-0.2, 0) is 9.53 Å². The van der Waals surface area contributed by atoms with Crippen LogP contribution in [0.15, 0.2) is 0 Å². The Labute approximate surface area is 74.4 Å². The molecule has 2 unspecified atom stereocenters. The smallest absolute Gasteiger partial charge is 0.335 e. The van der Waals surface area contributed by atoms with Crippen LogP contribution < -0.4 is 0 Å². The summed E-state index contributed by atoms with van der Waals surface area (Å²) in [4.78, 5) is 10.5. The van der Waals surface area contributed by atoms with Crippen LogP contribution in [0.1, 0.15) is 6.92 Å². The van der Waals surface area contributed by atoms with Gasteiger partial charge in [0.25, 0.3) is 0 Å². The van der Waals surface area contributed by atoms with Crippen molar-refractivity contribution < 1.29 is 30.0 Å². The third-order valence-electron chi connectivity index (χ3n) is 2.10. The van der Waals surface area contributed by atoms with Gasteiger partial charge in [-0.25, -0.2) is 4.79 Å². The molecule has 0 aromatic heterocycles. The first-order valence-electron chi connectivity index (χ1n) is 3.87. The number of ether oxygens (including phenoxy) is 1. The molecule has 76 valence electrons. The largest absolute Gasteiger partial charge is 0.479 e. The van der Waals surface area contributed by atoms with Gasteiger partial charge in [-0.3, -0.25) is 0 Å². The fourth-order valence-corrected chi connectivity index (χ4v) is 1.26. The fourth-order valence-electron chi connectivity index (χ4n) is 1.26. The molecule has 0 radical (unpaired) electrons. The van der Waals surface area contributed by atoms with Crippen LogP contribution in [0.25, 0.3) is 0 Å². The van der Waals surface area contributed by atoms with Crippen LogP contribution >= 0.6 is 0 Å². The molecular weight excluding hydrogens is 180 g/mol. The number of carboxylic acids is 1. The van der Waals surface area contributed by atoms with Crippen molar-refractivity contribution >= 4 is 5.97 Å². The van der Waals surface area contributed by atoms with Crippen LogP contribution in [0.5, 0.6) is 0 Å². The van der Waals surface area contributed by atoms with Gasteiger partial charge in [-0.2, -0.15) is 0 Å². The minimum Gasteiger partial charge on any atom is -0.479 e. The zero-order valence-corrected chi connectivity index (χ0v) is 6.99. The van der Waals surface area contributed by atoms with Gasteiger partial charge in [0.2, 0.25) is 0 Å². The quantitative estimate of drug-likeness (QED) is 0.380. The van der Waals surface area contributed by atoms with Crippen LogP contribution in [0.4, 0.5) is 0 Å². The van der Waals surface area contributed by atoms with Gasteiger partial charge < -0.3 is 25.2 Å².